The number of anilines is 1. The molecule has 3 N–H and O–H groups in total. The molecule has 0 aliphatic carbocycles. The number of amides is 1. The smallest absolute Gasteiger partial charge is 0.255 e. The molecule has 4 nitrogen and oxygen atoms in total. The van der Waals surface area contributed by atoms with Crippen molar-refractivity contribution in [1.29, 1.82) is 0 Å². The molecule has 0 atom stereocenters. The predicted molar refractivity (Wildman–Crippen MR) is 81.6 cm³/mol. The molecule has 2 aromatic carbocycles. The number of aromatic hydroxyl groups is 2. The maximum absolute atomic E-state index is 12.0. The SMILES string of the molecule is Cc1cc(NC(=O)c2ccc(I)c(O)c2)ccc1O. The third-order valence-corrected chi connectivity index (χ3v) is 3.58. The summed E-state index contributed by atoms with van der Waals surface area (Å²) in [6, 6.07) is 9.56. The van der Waals surface area contributed by atoms with Gasteiger partial charge in [-0.05, 0) is 71.5 Å². The van der Waals surface area contributed by atoms with Crippen LogP contribution in [0.2, 0.25) is 0 Å². The molecule has 5 heteroatoms. The van der Waals surface area contributed by atoms with Crippen LogP contribution in [0.3, 0.4) is 0 Å². The van der Waals surface area contributed by atoms with Gasteiger partial charge in [0.15, 0.2) is 0 Å². The van der Waals surface area contributed by atoms with Gasteiger partial charge in [-0.15, -0.1) is 0 Å². The average molecular weight is 369 g/mol. The number of benzene rings is 2. The first-order valence-corrected chi connectivity index (χ1v) is 6.65. The Kier molecular flexibility index (Phi) is 3.94. The van der Waals surface area contributed by atoms with Crippen molar-refractivity contribution in [1.82, 2.24) is 0 Å². The highest BCUT2D eigenvalue weighted by Gasteiger charge is 2.09. The van der Waals surface area contributed by atoms with E-state index in [0.29, 0.717) is 20.4 Å². The summed E-state index contributed by atoms with van der Waals surface area (Å²) in [5.41, 5.74) is 1.66. The van der Waals surface area contributed by atoms with Crippen molar-refractivity contribution in [3.8, 4) is 11.5 Å². The lowest BCUT2D eigenvalue weighted by Crippen LogP contribution is -2.11. The number of nitrogens with one attached hydrogen (secondary N) is 1. The van der Waals surface area contributed by atoms with E-state index in [4.69, 9.17) is 0 Å². The summed E-state index contributed by atoms with van der Waals surface area (Å²) in [5.74, 6) is -0.0446. The minimum atomic E-state index is -0.309. The second-order valence-corrected chi connectivity index (χ2v) is 5.28. The minimum absolute atomic E-state index is 0.0788. The molecule has 2 aromatic rings. The molecule has 1 amide bonds. The summed E-state index contributed by atoms with van der Waals surface area (Å²) in [6.07, 6.45) is 0. The van der Waals surface area contributed by atoms with E-state index in [0.717, 1.165) is 0 Å². The standard InChI is InChI=1S/C14H12INO3/c1-8-6-10(3-5-12(8)17)16-14(19)9-2-4-11(15)13(18)7-9/h2-7,17-18H,1H3,(H,16,19). The van der Waals surface area contributed by atoms with Gasteiger partial charge >= 0.3 is 0 Å². The van der Waals surface area contributed by atoms with Gasteiger partial charge in [-0.2, -0.15) is 0 Å². The van der Waals surface area contributed by atoms with E-state index in [1.54, 1.807) is 31.2 Å². The van der Waals surface area contributed by atoms with E-state index in [-0.39, 0.29) is 17.4 Å². The fourth-order valence-corrected chi connectivity index (χ4v) is 1.93. The Morgan fingerprint density at radius 1 is 1.11 bits per heavy atom. The zero-order valence-electron chi connectivity index (χ0n) is 10.1. The molecular formula is C14H12INO3. The molecule has 0 heterocycles. The molecule has 2 rings (SSSR count). The van der Waals surface area contributed by atoms with Crippen molar-refractivity contribution in [3.05, 3.63) is 51.1 Å². The van der Waals surface area contributed by atoms with Gasteiger partial charge in [-0.25, -0.2) is 0 Å². The molecule has 98 valence electrons. The molecular weight excluding hydrogens is 357 g/mol. The highest BCUT2D eigenvalue weighted by Crippen LogP contribution is 2.23. The second kappa shape index (κ2) is 5.48. The van der Waals surface area contributed by atoms with E-state index in [2.05, 4.69) is 5.32 Å². The van der Waals surface area contributed by atoms with E-state index >= 15 is 0 Å². The Morgan fingerprint density at radius 2 is 1.84 bits per heavy atom. The van der Waals surface area contributed by atoms with E-state index < -0.39 is 0 Å². The van der Waals surface area contributed by atoms with Gasteiger partial charge in [-0.3, -0.25) is 4.79 Å². The number of rotatable bonds is 2. The number of carbonyl (C=O) groups is 1. The number of hydrogen-bond acceptors (Lipinski definition) is 3. The fraction of sp³-hybridized carbons (Fsp3) is 0.0714. The van der Waals surface area contributed by atoms with Crippen LogP contribution in [0, 0.1) is 10.5 Å². The molecule has 0 aliphatic rings. The Bertz CT molecular complexity index is 641. The summed E-state index contributed by atoms with van der Waals surface area (Å²) >= 11 is 1.99. The van der Waals surface area contributed by atoms with Crippen LogP contribution in [0.1, 0.15) is 15.9 Å². The number of phenols is 2. The Hall–Kier alpha value is -1.76. The van der Waals surface area contributed by atoms with Crippen molar-refractivity contribution in [2.75, 3.05) is 5.32 Å². The molecule has 0 aliphatic heterocycles. The molecule has 0 fully saturated rings. The van der Waals surface area contributed by atoms with Crippen LogP contribution in [-0.2, 0) is 0 Å². The number of carbonyl (C=O) groups excluding carboxylic acids is 1. The van der Waals surface area contributed by atoms with Gasteiger partial charge < -0.3 is 15.5 Å². The third-order valence-electron chi connectivity index (χ3n) is 2.66. The predicted octanol–water partition coefficient (Wildman–Crippen LogP) is 3.26. The van der Waals surface area contributed by atoms with Crippen molar-refractivity contribution < 1.29 is 15.0 Å². The number of hydrogen-bond donors (Lipinski definition) is 3. The van der Waals surface area contributed by atoms with Gasteiger partial charge in [0.25, 0.3) is 5.91 Å². The normalized spacial score (nSPS) is 10.2. The fourth-order valence-electron chi connectivity index (χ4n) is 1.59. The van der Waals surface area contributed by atoms with Crippen LogP contribution in [-0.4, -0.2) is 16.1 Å². The van der Waals surface area contributed by atoms with Gasteiger partial charge in [0.05, 0.1) is 3.57 Å². The third kappa shape index (κ3) is 3.17. The van der Waals surface area contributed by atoms with Gasteiger partial charge in [-0.1, -0.05) is 0 Å². The van der Waals surface area contributed by atoms with Crippen LogP contribution in [0.4, 0.5) is 5.69 Å². The number of phenolic OH excluding ortho intramolecular Hbond substituents is 2. The van der Waals surface area contributed by atoms with E-state index in [1.165, 1.54) is 12.1 Å². The largest absolute Gasteiger partial charge is 0.508 e. The average Bonchev–Trinajstić information content (AvgIpc) is 2.37. The monoisotopic (exact) mass is 369 g/mol. The minimum Gasteiger partial charge on any atom is -0.508 e. The molecule has 0 spiro atoms. The molecule has 0 aromatic heterocycles. The van der Waals surface area contributed by atoms with E-state index in [9.17, 15) is 15.0 Å². The lowest BCUT2D eigenvalue weighted by Gasteiger charge is -2.08. The highest BCUT2D eigenvalue weighted by molar-refractivity contribution is 14.1. The van der Waals surface area contributed by atoms with Gasteiger partial charge in [0.1, 0.15) is 11.5 Å². The van der Waals surface area contributed by atoms with Crippen LogP contribution in [0.15, 0.2) is 36.4 Å². The maximum atomic E-state index is 12.0. The Morgan fingerprint density at radius 3 is 2.47 bits per heavy atom. The number of aryl methyl sites for hydroxylation is 1. The highest BCUT2D eigenvalue weighted by atomic mass is 127. The first-order chi connectivity index (χ1) is 8.97. The summed E-state index contributed by atoms with van der Waals surface area (Å²) in [5, 5.41) is 21.7. The molecule has 0 radical (unpaired) electrons. The van der Waals surface area contributed by atoms with Gasteiger partial charge in [0, 0.05) is 11.3 Å². The van der Waals surface area contributed by atoms with Crippen LogP contribution >= 0.6 is 22.6 Å². The summed E-state index contributed by atoms with van der Waals surface area (Å²) in [7, 11) is 0. The lowest BCUT2D eigenvalue weighted by molar-refractivity contribution is 0.102. The van der Waals surface area contributed by atoms with Crippen LogP contribution < -0.4 is 5.32 Å². The first-order valence-electron chi connectivity index (χ1n) is 5.57. The second-order valence-electron chi connectivity index (χ2n) is 4.12. The zero-order chi connectivity index (χ0) is 14.0. The van der Waals surface area contributed by atoms with E-state index in [1.807, 2.05) is 22.6 Å². The van der Waals surface area contributed by atoms with Gasteiger partial charge in [0.2, 0.25) is 0 Å². The van der Waals surface area contributed by atoms with Crippen LogP contribution in [0.25, 0.3) is 0 Å². The maximum Gasteiger partial charge on any atom is 0.255 e. The summed E-state index contributed by atoms with van der Waals surface area (Å²) in [4.78, 5) is 12.0. The van der Waals surface area contributed by atoms with Crippen LogP contribution in [0.5, 0.6) is 11.5 Å². The van der Waals surface area contributed by atoms with Crippen molar-refractivity contribution in [2.24, 2.45) is 0 Å². The Labute approximate surface area is 124 Å². The zero-order valence-corrected chi connectivity index (χ0v) is 12.3. The Balaban J connectivity index is 2.20. The molecule has 0 bridgehead atoms. The lowest BCUT2D eigenvalue weighted by atomic mass is 10.1. The topological polar surface area (TPSA) is 69.6 Å². The molecule has 0 saturated heterocycles. The number of halogens is 1. The molecule has 0 saturated carbocycles. The molecule has 19 heavy (non-hydrogen) atoms. The summed E-state index contributed by atoms with van der Waals surface area (Å²) in [6.45, 7) is 1.75. The summed E-state index contributed by atoms with van der Waals surface area (Å²) < 4.78 is 0.689. The first kappa shape index (κ1) is 13.7. The van der Waals surface area contributed by atoms with Crippen molar-refractivity contribution in [3.63, 3.8) is 0 Å². The van der Waals surface area contributed by atoms with Crippen molar-refractivity contribution >= 4 is 34.2 Å². The molecule has 0 unspecified atom stereocenters. The quantitative estimate of drug-likeness (QED) is 0.562. The van der Waals surface area contributed by atoms with Crippen molar-refractivity contribution in [2.45, 2.75) is 6.92 Å².